The molecular weight excluding hydrogens is 366 g/mol. The Bertz CT molecular complexity index is 829. The number of hydrogen-bond donors (Lipinski definition) is 1. The second kappa shape index (κ2) is 9.20. The van der Waals surface area contributed by atoms with Crippen molar-refractivity contribution in [3.05, 3.63) is 47.8 Å². The smallest absolute Gasteiger partial charge is 0.276 e. The normalized spacial score (nSPS) is 19.9. The number of nitrogens with zero attached hydrogens (tertiary/aromatic N) is 4. The molecule has 1 aliphatic carbocycles. The van der Waals surface area contributed by atoms with Gasteiger partial charge in [-0.1, -0.05) is 54.8 Å². The van der Waals surface area contributed by atoms with Crippen molar-refractivity contribution in [3.63, 3.8) is 0 Å². The van der Waals surface area contributed by atoms with Crippen LogP contribution in [0.25, 0.3) is 0 Å². The third-order valence-electron chi connectivity index (χ3n) is 5.96. The van der Waals surface area contributed by atoms with Crippen molar-refractivity contribution in [2.24, 2.45) is 5.92 Å². The molecule has 2 heterocycles. The SMILES string of the molecule is O=C1CC[C@@H](CN(Cc2ccccc2)C(=O)c2cn(CC3CCCCC3)nn2)N1. The van der Waals surface area contributed by atoms with Gasteiger partial charge in [-0.3, -0.25) is 14.3 Å². The molecule has 4 rings (SSSR count). The summed E-state index contributed by atoms with van der Waals surface area (Å²) in [6, 6.07) is 9.91. The van der Waals surface area contributed by atoms with Crippen LogP contribution >= 0.6 is 0 Å². The molecule has 2 aliphatic rings. The Balaban J connectivity index is 1.45. The van der Waals surface area contributed by atoms with Crippen LogP contribution in [-0.2, 0) is 17.9 Å². The second-order valence-electron chi connectivity index (χ2n) is 8.30. The van der Waals surface area contributed by atoms with Crippen LogP contribution in [0, 0.1) is 5.92 Å². The van der Waals surface area contributed by atoms with Gasteiger partial charge >= 0.3 is 0 Å². The van der Waals surface area contributed by atoms with E-state index in [2.05, 4.69) is 15.6 Å². The van der Waals surface area contributed by atoms with Crippen molar-refractivity contribution >= 4 is 11.8 Å². The van der Waals surface area contributed by atoms with Gasteiger partial charge in [0.25, 0.3) is 5.91 Å². The highest BCUT2D eigenvalue weighted by Gasteiger charge is 2.27. The maximum atomic E-state index is 13.2. The lowest BCUT2D eigenvalue weighted by Gasteiger charge is -2.25. The molecule has 1 aliphatic heterocycles. The van der Waals surface area contributed by atoms with E-state index in [0.717, 1.165) is 18.5 Å². The molecule has 7 heteroatoms. The van der Waals surface area contributed by atoms with Gasteiger partial charge < -0.3 is 10.2 Å². The van der Waals surface area contributed by atoms with Crippen molar-refractivity contribution in [2.45, 2.75) is 64.1 Å². The van der Waals surface area contributed by atoms with Crippen molar-refractivity contribution in [2.75, 3.05) is 6.54 Å². The molecule has 1 saturated carbocycles. The van der Waals surface area contributed by atoms with Gasteiger partial charge in [0.15, 0.2) is 5.69 Å². The Kier molecular flexibility index (Phi) is 6.22. The van der Waals surface area contributed by atoms with Gasteiger partial charge in [-0.25, -0.2) is 0 Å². The molecule has 0 bridgehead atoms. The van der Waals surface area contributed by atoms with E-state index >= 15 is 0 Å². The van der Waals surface area contributed by atoms with Gasteiger partial charge in [-0.15, -0.1) is 5.10 Å². The molecule has 0 spiro atoms. The van der Waals surface area contributed by atoms with E-state index < -0.39 is 0 Å². The van der Waals surface area contributed by atoms with Crippen LogP contribution < -0.4 is 5.32 Å². The first-order valence-corrected chi connectivity index (χ1v) is 10.7. The molecule has 1 aromatic carbocycles. The zero-order chi connectivity index (χ0) is 20.1. The summed E-state index contributed by atoms with van der Waals surface area (Å²) in [4.78, 5) is 26.6. The number of rotatable bonds is 7. The molecule has 0 radical (unpaired) electrons. The van der Waals surface area contributed by atoms with Crippen molar-refractivity contribution in [1.29, 1.82) is 0 Å². The lowest BCUT2D eigenvalue weighted by atomic mass is 9.89. The summed E-state index contributed by atoms with van der Waals surface area (Å²) in [5.41, 5.74) is 1.43. The van der Waals surface area contributed by atoms with Gasteiger partial charge in [-0.2, -0.15) is 0 Å². The molecule has 2 amide bonds. The monoisotopic (exact) mass is 395 g/mol. The van der Waals surface area contributed by atoms with Gasteiger partial charge in [0.2, 0.25) is 5.91 Å². The van der Waals surface area contributed by atoms with Crippen LogP contribution in [0.1, 0.15) is 61.0 Å². The Morgan fingerprint density at radius 1 is 1.14 bits per heavy atom. The van der Waals surface area contributed by atoms with E-state index in [1.54, 1.807) is 11.1 Å². The summed E-state index contributed by atoms with van der Waals surface area (Å²) in [7, 11) is 0. The molecule has 154 valence electrons. The highest BCUT2D eigenvalue weighted by atomic mass is 16.2. The summed E-state index contributed by atoms with van der Waals surface area (Å²) >= 11 is 0. The van der Waals surface area contributed by atoms with E-state index in [-0.39, 0.29) is 17.9 Å². The maximum absolute atomic E-state index is 13.2. The number of benzene rings is 1. The van der Waals surface area contributed by atoms with Crippen LogP contribution in [-0.4, -0.2) is 44.3 Å². The Labute approximate surface area is 171 Å². The van der Waals surface area contributed by atoms with Gasteiger partial charge in [0, 0.05) is 32.1 Å². The first-order valence-electron chi connectivity index (χ1n) is 10.7. The summed E-state index contributed by atoms with van der Waals surface area (Å²) < 4.78 is 1.82. The number of amides is 2. The summed E-state index contributed by atoms with van der Waals surface area (Å²) in [6.07, 6.45) is 9.40. The first-order chi connectivity index (χ1) is 14.2. The fourth-order valence-electron chi connectivity index (χ4n) is 4.39. The maximum Gasteiger partial charge on any atom is 0.276 e. The standard InChI is InChI=1S/C22H29N5O2/c28-21-12-11-19(23-21)15-26(13-17-7-3-1-4-8-17)22(29)20-16-27(25-24-20)14-18-9-5-2-6-10-18/h1,3-4,7-8,16,18-19H,2,5-6,9-15H2,(H,23,28)/t19-/m0/s1. The molecule has 1 aromatic heterocycles. The number of aromatic nitrogens is 3. The molecule has 1 atom stereocenters. The highest BCUT2D eigenvalue weighted by Crippen LogP contribution is 2.24. The number of hydrogen-bond acceptors (Lipinski definition) is 4. The fraction of sp³-hybridized carbons (Fsp3) is 0.545. The van der Waals surface area contributed by atoms with Crippen LogP contribution in [0.15, 0.2) is 36.5 Å². The minimum Gasteiger partial charge on any atom is -0.352 e. The zero-order valence-electron chi connectivity index (χ0n) is 16.8. The largest absolute Gasteiger partial charge is 0.352 e. The Hall–Kier alpha value is -2.70. The minimum absolute atomic E-state index is 0.00699. The first kappa shape index (κ1) is 19.6. The van der Waals surface area contributed by atoms with Crippen LogP contribution in [0.4, 0.5) is 0 Å². The molecule has 0 unspecified atom stereocenters. The predicted octanol–water partition coefficient (Wildman–Crippen LogP) is 2.78. The van der Waals surface area contributed by atoms with Crippen molar-refractivity contribution in [1.82, 2.24) is 25.2 Å². The molecule has 7 nitrogen and oxygen atoms in total. The number of nitrogens with one attached hydrogen (secondary N) is 1. The van der Waals surface area contributed by atoms with Gasteiger partial charge in [-0.05, 0) is 30.7 Å². The Morgan fingerprint density at radius 3 is 2.66 bits per heavy atom. The van der Waals surface area contributed by atoms with Gasteiger partial charge in [0.05, 0.1) is 6.20 Å². The van der Waals surface area contributed by atoms with Crippen molar-refractivity contribution < 1.29 is 9.59 Å². The average molecular weight is 396 g/mol. The average Bonchev–Trinajstić information content (AvgIpc) is 3.37. The molecule has 2 fully saturated rings. The number of carbonyl (C=O) groups is 2. The lowest BCUT2D eigenvalue weighted by Crippen LogP contribution is -2.41. The summed E-state index contributed by atoms with van der Waals surface area (Å²) in [5, 5.41) is 11.3. The quantitative estimate of drug-likeness (QED) is 0.782. The minimum atomic E-state index is -0.134. The topological polar surface area (TPSA) is 80.1 Å². The van der Waals surface area contributed by atoms with Crippen LogP contribution in [0.2, 0.25) is 0 Å². The van der Waals surface area contributed by atoms with Crippen LogP contribution in [0.5, 0.6) is 0 Å². The zero-order valence-corrected chi connectivity index (χ0v) is 16.8. The molecule has 2 aromatic rings. The third kappa shape index (κ3) is 5.22. The molecular formula is C22H29N5O2. The van der Waals surface area contributed by atoms with Crippen LogP contribution in [0.3, 0.4) is 0 Å². The third-order valence-corrected chi connectivity index (χ3v) is 5.96. The highest BCUT2D eigenvalue weighted by molar-refractivity contribution is 5.92. The second-order valence-corrected chi connectivity index (χ2v) is 8.30. The lowest BCUT2D eigenvalue weighted by molar-refractivity contribution is -0.119. The van der Waals surface area contributed by atoms with E-state index in [9.17, 15) is 9.59 Å². The predicted molar refractivity (Wildman–Crippen MR) is 109 cm³/mol. The fourth-order valence-corrected chi connectivity index (χ4v) is 4.39. The van der Waals surface area contributed by atoms with E-state index in [0.29, 0.717) is 31.1 Å². The summed E-state index contributed by atoms with van der Waals surface area (Å²) in [6.45, 7) is 1.80. The number of carbonyl (C=O) groups excluding carboxylic acids is 2. The van der Waals surface area contributed by atoms with E-state index in [4.69, 9.17) is 0 Å². The molecule has 29 heavy (non-hydrogen) atoms. The van der Waals surface area contributed by atoms with Gasteiger partial charge in [0.1, 0.15) is 0 Å². The molecule has 1 saturated heterocycles. The van der Waals surface area contributed by atoms with Crippen molar-refractivity contribution in [3.8, 4) is 0 Å². The van der Waals surface area contributed by atoms with E-state index in [1.165, 1.54) is 32.1 Å². The van der Waals surface area contributed by atoms with E-state index in [1.807, 2.05) is 35.0 Å². The Morgan fingerprint density at radius 2 is 1.93 bits per heavy atom. The summed E-state index contributed by atoms with van der Waals surface area (Å²) in [5.74, 6) is 0.549. The molecule has 1 N–H and O–H groups in total.